The molecule has 5 nitrogen and oxygen atoms in total. The SMILES string of the molecule is CCOc1cc(-c2ccccc2)nn1CCOc1ccc2ccccc2c1C(C)=O. The molecular formula is C25H24N2O3. The zero-order chi connectivity index (χ0) is 20.9. The fraction of sp³-hybridized carbons (Fsp3) is 0.200. The summed E-state index contributed by atoms with van der Waals surface area (Å²) < 4.78 is 13.6. The van der Waals surface area contributed by atoms with E-state index in [0.29, 0.717) is 37.0 Å². The Labute approximate surface area is 175 Å². The molecule has 1 heterocycles. The van der Waals surface area contributed by atoms with Gasteiger partial charge in [0.1, 0.15) is 12.4 Å². The predicted molar refractivity (Wildman–Crippen MR) is 118 cm³/mol. The van der Waals surface area contributed by atoms with Crippen molar-refractivity contribution in [2.24, 2.45) is 0 Å². The highest BCUT2D eigenvalue weighted by Gasteiger charge is 2.14. The summed E-state index contributed by atoms with van der Waals surface area (Å²) in [5.41, 5.74) is 2.50. The lowest BCUT2D eigenvalue weighted by molar-refractivity contribution is 0.101. The molecule has 0 aliphatic rings. The van der Waals surface area contributed by atoms with Crippen molar-refractivity contribution in [3.8, 4) is 22.9 Å². The minimum atomic E-state index is -0.0118. The second-order valence-corrected chi connectivity index (χ2v) is 6.95. The van der Waals surface area contributed by atoms with E-state index >= 15 is 0 Å². The van der Waals surface area contributed by atoms with Crippen LogP contribution >= 0.6 is 0 Å². The Morgan fingerprint density at radius 2 is 1.73 bits per heavy atom. The van der Waals surface area contributed by atoms with Gasteiger partial charge in [-0.15, -0.1) is 0 Å². The third-order valence-electron chi connectivity index (χ3n) is 4.91. The largest absolute Gasteiger partial charge is 0.491 e. The van der Waals surface area contributed by atoms with Crippen molar-refractivity contribution in [1.82, 2.24) is 9.78 Å². The summed E-state index contributed by atoms with van der Waals surface area (Å²) in [6.07, 6.45) is 0. The van der Waals surface area contributed by atoms with Crippen molar-refractivity contribution in [1.29, 1.82) is 0 Å². The van der Waals surface area contributed by atoms with Crippen LogP contribution in [0.3, 0.4) is 0 Å². The molecule has 0 N–H and O–H groups in total. The molecule has 0 aliphatic carbocycles. The van der Waals surface area contributed by atoms with Gasteiger partial charge < -0.3 is 9.47 Å². The Hall–Kier alpha value is -3.60. The zero-order valence-electron chi connectivity index (χ0n) is 17.2. The molecule has 4 rings (SSSR count). The highest BCUT2D eigenvalue weighted by atomic mass is 16.5. The van der Waals surface area contributed by atoms with E-state index in [2.05, 4.69) is 5.10 Å². The zero-order valence-corrected chi connectivity index (χ0v) is 17.2. The smallest absolute Gasteiger partial charge is 0.212 e. The first-order valence-corrected chi connectivity index (χ1v) is 10.1. The fourth-order valence-corrected chi connectivity index (χ4v) is 3.55. The molecule has 5 heteroatoms. The summed E-state index contributed by atoms with van der Waals surface area (Å²) in [5.74, 6) is 1.28. The lowest BCUT2D eigenvalue weighted by Crippen LogP contribution is -2.13. The van der Waals surface area contributed by atoms with Crippen LogP contribution in [0.25, 0.3) is 22.0 Å². The van der Waals surface area contributed by atoms with Gasteiger partial charge in [0.15, 0.2) is 5.78 Å². The third kappa shape index (κ3) is 4.06. The molecule has 0 amide bonds. The first-order chi connectivity index (χ1) is 14.7. The number of hydrogen-bond acceptors (Lipinski definition) is 4. The van der Waals surface area contributed by atoms with Crippen molar-refractivity contribution in [3.05, 3.63) is 78.4 Å². The van der Waals surface area contributed by atoms with Gasteiger partial charge in [0, 0.05) is 11.6 Å². The number of carbonyl (C=O) groups is 1. The topological polar surface area (TPSA) is 53.4 Å². The van der Waals surface area contributed by atoms with E-state index in [1.54, 1.807) is 11.6 Å². The highest BCUT2D eigenvalue weighted by Crippen LogP contribution is 2.29. The van der Waals surface area contributed by atoms with E-state index in [0.717, 1.165) is 22.0 Å². The van der Waals surface area contributed by atoms with E-state index in [9.17, 15) is 4.79 Å². The van der Waals surface area contributed by atoms with E-state index in [1.807, 2.05) is 79.7 Å². The summed E-state index contributed by atoms with van der Waals surface area (Å²) >= 11 is 0. The molecule has 30 heavy (non-hydrogen) atoms. The summed E-state index contributed by atoms with van der Waals surface area (Å²) in [7, 11) is 0. The molecule has 0 spiro atoms. The minimum absolute atomic E-state index is 0.0118. The van der Waals surface area contributed by atoms with Gasteiger partial charge in [0.05, 0.1) is 24.4 Å². The van der Waals surface area contributed by atoms with Crippen LogP contribution in [0.15, 0.2) is 72.8 Å². The number of carbonyl (C=O) groups excluding carboxylic acids is 1. The summed E-state index contributed by atoms with van der Waals surface area (Å²) in [5, 5.41) is 6.61. The number of ether oxygens (including phenoxy) is 2. The van der Waals surface area contributed by atoms with E-state index in [4.69, 9.17) is 9.47 Å². The van der Waals surface area contributed by atoms with Crippen LogP contribution in [-0.2, 0) is 6.54 Å². The van der Waals surface area contributed by atoms with Crippen molar-refractivity contribution in [2.45, 2.75) is 20.4 Å². The maximum atomic E-state index is 12.3. The van der Waals surface area contributed by atoms with Gasteiger partial charge in [0.2, 0.25) is 5.88 Å². The van der Waals surface area contributed by atoms with Crippen LogP contribution in [-0.4, -0.2) is 28.8 Å². The van der Waals surface area contributed by atoms with Crippen LogP contribution in [0.1, 0.15) is 24.2 Å². The Balaban J connectivity index is 1.55. The van der Waals surface area contributed by atoms with Crippen LogP contribution < -0.4 is 9.47 Å². The highest BCUT2D eigenvalue weighted by molar-refractivity contribution is 6.09. The van der Waals surface area contributed by atoms with Crippen molar-refractivity contribution >= 4 is 16.6 Å². The van der Waals surface area contributed by atoms with Crippen molar-refractivity contribution < 1.29 is 14.3 Å². The van der Waals surface area contributed by atoms with Gasteiger partial charge in [-0.3, -0.25) is 4.79 Å². The van der Waals surface area contributed by atoms with Gasteiger partial charge in [0.25, 0.3) is 0 Å². The van der Waals surface area contributed by atoms with Crippen LogP contribution in [0.2, 0.25) is 0 Å². The molecule has 0 unspecified atom stereocenters. The summed E-state index contributed by atoms with van der Waals surface area (Å²) in [6.45, 7) is 4.95. The number of hydrogen-bond donors (Lipinski definition) is 0. The maximum absolute atomic E-state index is 12.3. The Bertz CT molecular complexity index is 1170. The minimum Gasteiger partial charge on any atom is -0.491 e. The fourth-order valence-electron chi connectivity index (χ4n) is 3.55. The Morgan fingerprint density at radius 3 is 2.50 bits per heavy atom. The monoisotopic (exact) mass is 400 g/mol. The van der Waals surface area contributed by atoms with Gasteiger partial charge in [-0.1, -0.05) is 60.7 Å². The number of fused-ring (bicyclic) bond motifs is 1. The van der Waals surface area contributed by atoms with Crippen LogP contribution in [0, 0.1) is 0 Å². The number of rotatable bonds is 8. The average molecular weight is 400 g/mol. The Morgan fingerprint density at radius 1 is 0.967 bits per heavy atom. The molecule has 0 fully saturated rings. The molecule has 152 valence electrons. The second-order valence-electron chi connectivity index (χ2n) is 6.95. The summed E-state index contributed by atoms with van der Waals surface area (Å²) in [6, 6.07) is 23.6. The number of nitrogens with zero attached hydrogens (tertiary/aromatic N) is 2. The molecule has 0 aliphatic heterocycles. The molecule has 0 atom stereocenters. The second kappa shape index (κ2) is 8.82. The normalized spacial score (nSPS) is 10.9. The Kier molecular flexibility index (Phi) is 5.80. The molecule has 0 saturated heterocycles. The quantitative estimate of drug-likeness (QED) is 0.373. The van der Waals surface area contributed by atoms with Crippen LogP contribution in [0.4, 0.5) is 0 Å². The molecule has 4 aromatic rings. The maximum Gasteiger partial charge on any atom is 0.212 e. The first kappa shape index (κ1) is 19.7. The average Bonchev–Trinajstić information content (AvgIpc) is 3.17. The van der Waals surface area contributed by atoms with Crippen molar-refractivity contribution in [2.75, 3.05) is 13.2 Å². The predicted octanol–water partition coefficient (Wildman–Crippen LogP) is 5.38. The molecular weight excluding hydrogens is 376 g/mol. The number of Topliss-reactive ketones (excluding diaryl/α,β-unsaturated/α-hetero) is 1. The van der Waals surface area contributed by atoms with Crippen molar-refractivity contribution in [3.63, 3.8) is 0 Å². The van der Waals surface area contributed by atoms with Crippen LogP contribution in [0.5, 0.6) is 11.6 Å². The molecule has 3 aromatic carbocycles. The molecule has 0 radical (unpaired) electrons. The lowest BCUT2D eigenvalue weighted by Gasteiger charge is -2.13. The molecule has 1 aromatic heterocycles. The summed E-state index contributed by atoms with van der Waals surface area (Å²) in [4.78, 5) is 12.3. The van der Waals surface area contributed by atoms with Gasteiger partial charge in [-0.05, 0) is 30.7 Å². The number of benzene rings is 3. The molecule has 0 bridgehead atoms. The number of aromatic nitrogens is 2. The van der Waals surface area contributed by atoms with E-state index < -0.39 is 0 Å². The first-order valence-electron chi connectivity index (χ1n) is 10.1. The van der Waals surface area contributed by atoms with Gasteiger partial charge in [-0.25, -0.2) is 4.68 Å². The van der Waals surface area contributed by atoms with Gasteiger partial charge >= 0.3 is 0 Å². The third-order valence-corrected chi connectivity index (χ3v) is 4.91. The lowest BCUT2D eigenvalue weighted by atomic mass is 10.0. The van der Waals surface area contributed by atoms with E-state index in [1.165, 1.54) is 0 Å². The number of ketones is 1. The molecule has 0 saturated carbocycles. The standard InChI is InChI=1S/C25H24N2O3/c1-3-29-24-17-22(20-10-5-4-6-11-20)26-27(24)15-16-30-23-14-13-19-9-7-8-12-21(19)25(23)18(2)28/h4-14,17H,3,15-16H2,1-2H3. The van der Waals surface area contributed by atoms with E-state index in [-0.39, 0.29) is 5.78 Å². The van der Waals surface area contributed by atoms with Gasteiger partial charge in [-0.2, -0.15) is 5.10 Å².